The molecular formula is C17H29N3. The van der Waals surface area contributed by atoms with Crippen molar-refractivity contribution in [2.75, 3.05) is 11.4 Å². The van der Waals surface area contributed by atoms with E-state index in [1.165, 1.54) is 49.9 Å². The maximum atomic E-state index is 4.32. The Morgan fingerprint density at radius 3 is 3.00 bits per heavy atom. The van der Waals surface area contributed by atoms with E-state index in [0.717, 1.165) is 6.54 Å². The van der Waals surface area contributed by atoms with Gasteiger partial charge < -0.3 is 10.2 Å². The van der Waals surface area contributed by atoms with Gasteiger partial charge in [0.1, 0.15) is 0 Å². The lowest BCUT2D eigenvalue weighted by Gasteiger charge is -2.38. The Morgan fingerprint density at radius 2 is 2.25 bits per heavy atom. The smallest absolute Gasteiger partial charge is 0.0445 e. The van der Waals surface area contributed by atoms with Gasteiger partial charge in [-0.25, -0.2) is 0 Å². The molecule has 3 nitrogen and oxygen atoms in total. The summed E-state index contributed by atoms with van der Waals surface area (Å²) in [7, 11) is 0. The number of pyridine rings is 1. The minimum Gasteiger partial charge on any atom is -0.368 e. The van der Waals surface area contributed by atoms with Crippen molar-refractivity contribution in [1.29, 1.82) is 0 Å². The zero-order valence-corrected chi connectivity index (χ0v) is 13.2. The minimum absolute atomic E-state index is 0.510. The van der Waals surface area contributed by atoms with E-state index in [4.69, 9.17) is 0 Å². The van der Waals surface area contributed by atoms with E-state index in [0.29, 0.717) is 12.1 Å². The van der Waals surface area contributed by atoms with E-state index in [1.807, 2.05) is 12.4 Å². The maximum Gasteiger partial charge on any atom is 0.0445 e. The van der Waals surface area contributed by atoms with Crippen molar-refractivity contribution < 1.29 is 0 Å². The van der Waals surface area contributed by atoms with Gasteiger partial charge in [0.2, 0.25) is 0 Å². The van der Waals surface area contributed by atoms with Crippen molar-refractivity contribution >= 4 is 5.69 Å². The first-order valence-corrected chi connectivity index (χ1v) is 8.15. The highest BCUT2D eigenvalue weighted by molar-refractivity contribution is 5.53. The summed E-state index contributed by atoms with van der Waals surface area (Å²) < 4.78 is 0. The van der Waals surface area contributed by atoms with Gasteiger partial charge in [-0.05, 0) is 31.7 Å². The molecule has 1 atom stereocenters. The molecule has 1 saturated heterocycles. The molecular weight excluding hydrogens is 246 g/mol. The van der Waals surface area contributed by atoms with E-state index in [1.54, 1.807) is 0 Å². The van der Waals surface area contributed by atoms with Gasteiger partial charge in [0.15, 0.2) is 0 Å². The number of aromatic nitrogens is 1. The van der Waals surface area contributed by atoms with Crippen molar-refractivity contribution in [3.8, 4) is 0 Å². The summed E-state index contributed by atoms with van der Waals surface area (Å²) in [5.74, 6) is 0. The Bertz CT molecular complexity index is 401. The van der Waals surface area contributed by atoms with Crippen LogP contribution in [0, 0.1) is 0 Å². The molecule has 2 heterocycles. The molecule has 1 N–H and O–H groups in total. The zero-order valence-electron chi connectivity index (χ0n) is 13.2. The second kappa shape index (κ2) is 7.63. The van der Waals surface area contributed by atoms with Crippen LogP contribution in [0.5, 0.6) is 0 Å². The van der Waals surface area contributed by atoms with Crippen LogP contribution < -0.4 is 10.2 Å². The third-order valence-electron chi connectivity index (χ3n) is 4.14. The van der Waals surface area contributed by atoms with E-state index in [9.17, 15) is 0 Å². The monoisotopic (exact) mass is 275 g/mol. The fraction of sp³-hybridized carbons (Fsp3) is 0.706. The predicted octanol–water partition coefficient (Wildman–Crippen LogP) is 3.74. The molecule has 1 aliphatic rings. The van der Waals surface area contributed by atoms with Gasteiger partial charge >= 0.3 is 0 Å². The number of piperidine rings is 1. The molecule has 0 aliphatic carbocycles. The first-order chi connectivity index (χ1) is 9.72. The summed E-state index contributed by atoms with van der Waals surface area (Å²) >= 11 is 0. The largest absolute Gasteiger partial charge is 0.368 e. The van der Waals surface area contributed by atoms with Crippen molar-refractivity contribution in [3.05, 3.63) is 24.0 Å². The molecule has 20 heavy (non-hydrogen) atoms. The van der Waals surface area contributed by atoms with Gasteiger partial charge in [-0.15, -0.1) is 0 Å². The fourth-order valence-corrected chi connectivity index (χ4v) is 3.10. The molecule has 1 aliphatic heterocycles. The Kier molecular flexibility index (Phi) is 5.84. The molecule has 0 amide bonds. The van der Waals surface area contributed by atoms with Crippen LogP contribution in [0.1, 0.15) is 58.4 Å². The van der Waals surface area contributed by atoms with Crippen molar-refractivity contribution in [2.24, 2.45) is 0 Å². The van der Waals surface area contributed by atoms with Crippen LogP contribution in [0.2, 0.25) is 0 Å². The van der Waals surface area contributed by atoms with Crippen LogP contribution in [-0.4, -0.2) is 23.6 Å². The third-order valence-corrected chi connectivity index (χ3v) is 4.14. The zero-order chi connectivity index (χ0) is 14.4. The minimum atomic E-state index is 0.510. The highest BCUT2D eigenvalue weighted by Crippen LogP contribution is 2.29. The number of hydrogen-bond acceptors (Lipinski definition) is 3. The lowest BCUT2D eigenvalue weighted by Crippen LogP contribution is -2.40. The molecule has 1 aromatic rings. The van der Waals surface area contributed by atoms with Crippen LogP contribution in [0.3, 0.4) is 0 Å². The van der Waals surface area contributed by atoms with Crippen molar-refractivity contribution in [1.82, 2.24) is 10.3 Å². The lowest BCUT2D eigenvalue weighted by molar-refractivity contribution is 0.433. The van der Waals surface area contributed by atoms with Gasteiger partial charge in [0.05, 0.1) is 0 Å². The molecule has 0 aromatic carbocycles. The number of nitrogens with zero attached hydrogens (tertiary/aromatic N) is 2. The molecule has 1 unspecified atom stereocenters. The molecule has 0 saturated carbocycles. The number of rotatable bonds is 6. The van der Waals surface area contributed by atoms with Gasteiger partial charge in [-0.2, -0.15) is 0 Å². The molecule has 3 heteroatoms. The Balaban J connectivity index is 2.16. The van der Waals surface area contributed by atoms with Crippen LogP contribution in [0.25, 0.3) is 0 Å². The summed E-state index contributed by atoms with van der Waals surface area (Å²) in [6.07, 6.45) is 10.6. The quantitative estimate of drug-likeness (QED) is 0.857. The molecule has 0 bridgehead atoms. The Hall–Kier alpha value is -1.09. The van der Waals surface area contributed by atoms with Crippen LogP contribution in [0.15, 0.2) is 18.5 Å². The molecule has 0 radical (unpaired) electrons. The number of hydrogen-bond donors (Lipinski definition) is 1. The number of anilines is 1. The predicted molar refractivity (Wildman–Crippen MR) is 86.1 cm³/mol. The second-order valence-corrected chi connectivity index (χ2v) is 6.17. The van der Waals surface area contributed by atoms with Crippen LogP contribution in [0.4, 0.5) is 5.69 Å². The highest BCUT2D eigenvalue weighted by atomic mass is 15.2. The summed E-state index contributed by atoms with van der Waals surface area (Å²) in [4.78, 5) is 6.95. The Morgan fingerprint density at radius 1 is 1.40 bits per heavy atom. The van der Waals surface area contributed by atoms with Crippen molar-refractivity contribution in [2.45, 2.75) is 71.5 Å². The summed E-state index contributed by atoms with van der Waals surface area (Å²) in [6.45, 7) is 8.79. The summed E-state index contributed by atoms with van der Waals surface area (Å²) in [6, 6.07) is 3.43. The van der Waals surface area contributed by atoms with E-state index in [2.05, 4.69) is 42.0 Å². The SMILES string of the molecule is CCCC1CCCCN1c1ccncc1CNC(C)C. The normalized spacial score (nSPS) is 19.6. The summed E-state index contributed by atoms with van der Waals surface area (Å²) in [5, 5.41) is 3.52. The highest BCUT2D eigenvalue weighted by Gasteiger charge is 2.23. The first kappa shape index (κ1) is 15.3. The van der Waals surface area contributed by atoms with E-state index in [-0.39, 0.29) is 0 Å². The molecule has 2 rings (SSSR count). The number of nitrogens with one attached hydrogen (secondary N) is 1. The average molecular weight is 275 g/mol. The standard InChI is InChI=1S/C17H29N3/c1-4-7-16-8-5-6-11-20(16)17-9-10-18-12-15(17)13-19-14(2)3/h9-10,12,14,16,19H,4-8,11,13H2,1-3H3. The Labute approximate surface area is 123 Å². The van der Waals surface area contributed by atoms with E-state index < -0.39 is 0 Å². The third kappa shape index (κ3) is 3.95. The second-order valence-electron chi connectivity index (χ2n) is 6.17. The average Bonchev–Trinajstić information content (AvgIpc) is 2.46. The summed E-state index contributed by atoms with van der Waals surface area (Å²) in [5.41, 5.74) is 2.73. The van der Waals surface area contributed by atoms with Gasteiger partial charge in [0.25, 0.3) is 0 Å². The fourth-order valence-electron chi connectivity index (χ4n) is 3.10. The van der Waals surface area contributed by atoms with Crippen molar-refractivity contribution in [3.63, 3.8) is 0 Å². The topological polar surface area (TPSA) is 28.2 Å². The molecule has 112 valence electrons. The molecule has 1 fully saturated rings. The maximum absolute atomic E-state index is 4.32. The van der Waals surface area contributed by atoms with Crippen LogP contribution >= 0.6 is 0 Å². The van der Waals surface area contributed by atoms with Gasteiger partial charge in [0, 0.05) is 48.8 Å². The first-order valence-electron chi connectivity index (χ1n) is 8.15. The van der Waals surface area contributed by atoms with Gasteiger partial charge in [-0.3, -0.25) is 4.98 Å². The van der Waals surface area contributed by atoms with Gasteiger partial charge in [-0.1, -0.05) is 27.2 Å². The van der Waals surface area contributed by atoms with Crippen LogP contribution in [-0.2, 0) is 6.54 Å². The molecule has 1 aromatic heterocycles. The molecule has 0 spiro atoms. The lowest BCUT2D eigenvalue weighted by atomic mass is 9.97. The van der Waals surface area contributed by atoms with E-state index >= 15 is 0 Å².